The van der Waals surface area contributed by atoms with Crippen LogP contribution in [0.15, 0.2) is 36.4 Å². The van der Waals surface area contributed by atoms with Crippen molar-refractivity contribution in [1.29, 1.82) is 5.26 Å². The number of aryl methyl sites for hydroxylation is 1. The molecule has 0 fully saturated rings. The van der Waals surface area contributed by atoms with Gasteiger partial charge in [-0.05, 0) is 30.5 Å². The lowest BCUT2D eigenvalue weighted by molar-refractivity contribution is 0.469. The maximum absolute atomic E-state index is 10.1. The van der Waals surface area contributed by atoms with Gasteiger partial charge in [0.05, 0.1) is 5.56 Å². The maximum atomic E-state index is 10.1. The highest BCUT2D eigenvalue weighted by Crippen LogP contribution is 2.39. The van der Waals surface area contributed by atoms with Crippen molar-refractivity contribution < 1.29 is 10.2 Å². The van der Waals surface area contributed by atoms with Gasteiger partial charge in [0, 0.05) is 11.1 Å². The Morgan fingerprint density at radius 3 is 2.43 bits per heavy atom. The number of para-hydroxylation sites is 1. The van der Waals surface area contributed by atoms with Crippen molar-refractivity contribution in [2.24, 2.45) is 0 Å². The summed E-state index contributed by atoms with van der Waals surface area (Å²) in [5.41, 5.74) is 2.28. The van der Waals surface area contributed by atoms with E-state index >= 15 is 0 Å². The van der Waals surface area contributed by atoms with Crippen molar-refractivity contribution in [1.82, 2.24) is 0 Å². The van der Waals surface area contributed by atoms with E-state index in [1.165, 1.54) is 0 Å². The SMILES string of the molecule is CCCCCc1ccc(O)c(-c2ccccc2O)c1C#N. The first-order chi connectivity index (χ1) is 10.2. The summed E-state index contributed by atoms with van der Waals surface area (Å²) in [6, 6.07) is 12.3. The van der Waals surface area contributed by atoms with Crippen LogP contribution in [0.3, 0.4) is 0 Å². The molecule has 0 saturated carbocycles. The van der Waals surface area contributed by atoms with E-state index in [-0.39, 0.29) is 11.5 Å². The Hall–Kier alpha value is -2.47. The largest absolute Gasteiger partial charge is 0.507 e. The van der Waals surface area contributed by atoms with Crippen molar-refractivity contribution in [3.05, 3.63) is 47.5 Å². The molecule has 3 heteroatoms. The van der Waals surface area contributed by atoms with Crippen LogP contribution in [0, 0.1) is 11.3 Å². The molecule has 0 spiro atoms. The van der Waals surface area contributed by atoms with Gasteiger partial charge < -0.3 is 10.2 Å². The molecule has 0 atom stereocenters. The zero-order valence-corrected chi connectivity index (χ0v) is 12.1. The van der Waals surface area contributed by atoms with E-state index in [1.54, 1.807) is 36.4 Å². The summed E-state index contributed by atoms with van der Waals surface area (Å²) in [4.78, 5) is 0. The van der Waals surface area contributed by atoms with E-state index in [1.807, 2.05) is 0 Å². The molecule has 2 aromatic rings. The maximum Gasteiger partial charge on any atom is 0.124 e. The number of aromatic hydroxyl groups is 2. The van der Waals surface area contributed by atoms with Crippen LogP contribution in [0.5, 0.6) is 11.5 Å². The smallest absolute Gasteiger partial charge is 0.124 e. The molecule has 0 aliphatic carbocycles. The molecule has 0 heterocycles. The van der Waals surface area contributed by atoms with E-state index in [0.717, 1.165) is 31.2 Å². The molecule has 0 aromatic heterocycles. The van der Waals surface area contributed by atoms with E-state index < -0.39 is 0 Å². The summed E-state index contributed by atoms with van der Waals surface area (Å²) in [6.07, 6.45) is 4.04. The van der Waals surface area contributed by atoms with Gasteiger partial charge in [0.15, 0.2) is 0 Å². The quantitative estimate of drug-likeness (QED) is 0.800. The van der Waals surface area contributed by atoms with Crippen LogP contribution in [0.2, 0.25) is 0 Å². The molecule has 2 aromatic carbocycles. The van der Waals surface area contributed by atoms with Crippen LogP contribution >= 0.6 is 0 Å². The second-order valence-electron chi connectivity index (χ2n) is 5.08. The molecule has 0 unspecified atom stereocenters. The summed E-state index contributed by atoms with van der Waals surface area (Å²) in [6.45, 7) is 2.13. The van der Waals surface area contributed by atoms with Gasteiger partial charge in [0.2, 0.25) is 0 Å². The monoisotopic (exact) mass is 281 g/mol. The minimum atomic E-state index is 0.0206. The van der Waals surface area contributed by atoms with Gasteiger partial charge >= 0.3 is 0 Å². The fourth-order valence-corrected chi connectivity index (χ4v) is 2.49. The molecule has 2 N–H and O–H groups in total. The first-order valence-corrected chi connectivity index (χ1v) is 7.22. The Kier molecular flexibility index (Phi) is 4.84. The molecule has 0 aliphatic rings. The molecule has 0 bridgehead atoms. The first kappa shape index (κ1) is 14.9. The number of hydrogen-bond acceptors (Lipinski definition) is 3. The molecule has 0 amide bonds. The van der Waals surface area contributed by atoms with Crippen molar-refractivity contribution in [2.75, 3.05) is 0 Å². The summed E-state index contributed by atoms with van der Waals surface area (Å²) >= 11 is 0. The normalized spacial score (nSPS) is 10.3. The van der Waals surface area contributed by atoms with Crippen LogP contribution in [-0.4, -0.2) is 10.2 Å². The highest BCUT2D eigenvalue weighted by molar-refractivity contribution is 5.81. The Bertz CT molecular complexity index is 671. The van der Waals surface area contributed by atoms with Crippen molar-refractivity contribution in [3.8, 4) is 28.7 Å². The lowest BCUT2D eigenvalue weighted by Gasteiger charge is -2.13. The van der Waals surface area contributed by atoms with Gasteiger partial charge in [-0.15, -0.1) is 0 Å². The van der Waals surface area contributed by atoms with Crippen molar-refractivity contribution >= 4 is 0 Å². The summed E-state index contributed by atoms with van der Waals surface area (Å²) in [5, 5.41) is 29.6. The number of phenolic OH excluding ortho intramolecular Hbond substituents is 2. The highest BCUT2D eigenvalue weighted by atomic mass is 16.3. The molecule has 21 heavy (non-hydrogen) atoms. The minimum Gasteiger partial charge on any atom is -0.507 e. The third-order valence-electron chi connectivity index (χ3n) is 3.60. The summed E-state index contributed by atoms with van der Waals surface area (Å²) in [7, 11) is 0. The lowest BCUT2D eigenvalue weighted by atomic mass is 9.92. The standard InChI is InChI=1S/C18H19NO2/c1-2-3-4-7-13-10-11-17(21)18(15(13)12-19)14-8-5-6-9-16(14)20/h5-6,8-11,20-21H,2-4,7H2,1H3. The van der Waals surface area contributed by atoms with Crippen LogP contribution in [-0.2, 0) is 6.42 Å². The Morgan fingerprint density at radius 1 is 1.00 bits per heavy atom. The fourth-order valence-electron chi connectivity index (χ4n) is 2.49. The van der Waals surface area contributed by atoms with Gasteiger partial charge in [0.1, 0.15) is 17.6 Å². The molecule has 3 nitrogen and oxygen atoms in total. The third-order valence-corrected chi connectivity index (χ3v) is 3.60. The molecule has 0 aliphatic heterocycles. The lowest BCUT2D eigenvalue weighted by Crippen LogP contribution is -1.95. The van der Waals surface area contributed by atoms with Crippen LogP contribution in [0.1, 0.15) is 37.3 Å². The second kappa shape index (κ2) is 6.81. The van der Waals surface area contributed by atoms with E-state index in [0.29, 0.717) is 16.7 Å². The van der Waals surface area contributed by atoms with E-state index in [9.17, 15) is 15.5 Å². The zero-order chi connectivity index (χ0) is 15.2. The van der Waals surface area contributed by atoms with Gasteiger partial charge in [-0.2, -0.15) is 5.26 Å². The number of phenols is 2. The number of rotatable bonds is 5. The Labute approximate surface area is 125 Å². The number of benzene rings is 2. The van der Waals surface area contributed by atoms with Gasteiger partial charge in [-0.1, -0.05) is 44.0 Å². The van der Waals surface area contributed by atoms with Crippen molar-refractivity contribution in [3.63, 3.8) is 0 Å². The van der Waals surface area contributed by atoms with Gasteiger partial charge in [-0.25, -0.2) is 0 Å². The average molecular weight is 281 g/mol. The number of nitrogens with zero attached hydrogens (tertiary/aromatic N) is 1. The average Bonchev–Trinajstić information content (AvgIpc) is 2.49. The molecular formula is C18H19NO2. The molecular weight excluding hydrogens is 262 g/mol. The number of hydrogen-bond donors (Lipinski definition) is 2. The molecule has 2 rings (SSSR count). The van der Waals surface area contributed by atoms with Gasteiger partial charge in [-0.3, -0.25) is 0 Å². The number of nitriles is 1. The van der Waals surface area contributed by atoms with Crippen LogP contribution in [0.25, 0.3) is 11.1 Å². The summed E-state index contributed by atoms with van der Waals surface area (Å²) < 4.78 is 0. The molecule has 0 saturated heterocycles. The third kappa shape index (κ3) is 3.17. The predicted octanol–water partition coefficient (Wildman–Crippen LogP) is 4.37. The van der Waals surface area contributed by atoms with E-state index in [2.05, 4.69) is 13.0 Å². The Morgan fingerprint density at radius 2 is 1.76 bits per heavy atom. The Balaban J connectivity index is 2.53. The summed E-state index contributed by atoms with van der Waals surface area (Å²) in [5.74, 6) is 0.0855. The fraction of sp³-hybridized carbons (Fsp3) is 0.278. The number of unbranched alkanes of at least 4 members (excludes halogenated alkanes) is 2. The topological polar surface area (TPSA) is 64.2 Å². The first-order valence-electron chi connectivity index (χ1n) is 7.22. The predicted molar refractivity (Wildman–Crippen MR) is 83.2 cm³/mol. The second-order valence-corrected chi connectivity index (χ2v) is 5.08. The minimum absolute atomic E-state index is 0.0206. The zero-order valence-electron chi connectivity index (χ0n) is 12.1. The van der Waals surface area contributed by atoms with Crippen LogP contribution < -0.4 is 0 Å². The molecule has 108 valence electrons. The molecule has 0 radical (unpaired) electrons. The van der Waals surface area contributed by atoms with Crippen LogP contribution in [0.4, 0.5) is 0 Å². The highest BCUT2D eigenvalue weighted by Gasteiger charge is 2.17. The van der Waals surface area contributed by atoms with Gasteiger partial charge in [0.25, 0.3) is 0 Å². The van der Waals surface area contributed by atoms with Crippen molar-refractivity contribution in [2.45, 2.75) is 32.6 Å². The van der Waals surface area contributed by atoms with E-state index in [4.69, 9.17) is 0 Å².